The van der Waals surface area contributed by atoms with E-state index in [1.54, 1.807) is 50.5 Å². The van der Waals surface area contributed by atoms with Gasteiger partial charge in [-0.05, 0) is 30.3 Å². The van der Waals surface area contributed by atoms with Crippen LogP contribution in [0.4, 0.5) is 5.69 Å². The van der Waals surface area contributed by atoms with Crippen LogP contribution < -0.4 is 5.32 Å². The molecule has 2 aromatic rings. The fourth-order valence-corrected chi connectivity index (χ4v) is 1.86. The van der Waals surface area contributed by atoms with E-state index in [9.17, 15) is 9.59 Å². The van der Waals surface area contributed by atoms with Gasteiger partial charge in [0, 0.05) is 25.9 Å². The Bertz CT molecular complexity index is 672. The van der Waals surface area contributed by atoms with Crippen LogP contribution in [0.5, 0.6) is 0 Å². The van der Waals surface area contributed by atoms with Gasteiger partial charge in [-0.15, -0.1) is 0 Å². The summed E-state index contributed by atoms with van der Waals surface area (Å²) in [6.45, 7) is 0. The van der Waals surface area contributed by atoms with E-state index in [0.717, 1.165) is 0 Å². The van der Waals surface area contributed by atoms with Crippen LogP contribution in [0, 0.1) is 0 Å². The smallest absolute Gasteiger partial charge is 0.274 e. The molecule has 0 aliphatic carbocycles. The summed E-state index contributed by atoms with van der Waals surface area (Å²) < 4.78 is 0. The standard InChI is InChI=1S/C15H14ClN3O2/c1-19(2)15(21)10-6-7-11(16)13(9-10)18-14(20)12-5-3-4-8-17-12/h3-9H,1-2H3,(H,18,20). The van der Waals surface area contributed by atoms with Crippen LogP contribution in [-0.2, 0) is 0 Å². The van der Waals surface area contributed by atoms with Gasteiger partial charge in [-0.2, -0.15) is 0 Å². The van der Waals surface area contributed by atoms with Gasteiger partial charge in [-0.25, -0.2) is 0 Å². The Morgan fingerprint density at radius 3 is 2.57 bits per heavy atom. The van der Waals surface area contributed by atoms with E-state index in [-0.39, 0.29) is 17.5 Å². The van der Waals surface area contributed by atoms with E-state index in [1.165, 1.54) is 11.1 Å². The van der Waals surface area contributed by atoms with Gasteiger partial charge < -0.3 is 10.2 Å². The van der Waals surface area contributed by atoms with Gasteiger partial charge in [0.2, 0.25) is 0 Å². The summed E-state index contributed by atoms with van der Waals surface area (Å²) in [5, 5.41) is 3.01. The molecule has 2 rings (SSSR count). The van der Waals surface area contributed by atoms with E-state index in [2.05, 4.69) is 10.3 Å². The Morgan fingerprint density at radius 1 is 1.19 bits per heavy atom. The molecule has 0 bridgehead atoms. The molecule has 0 spiro atoms. The number of carbonyl (C=O) groups is 2. The first-order valence-corrected chi connectivity index (χ1v) is 6.60. The Kier molecular flexibility index (Phi) is 4.55. The Morgan fingerprint density at radius 2 is 1.95 bits per heavy atom. The number of nitrogens with one attached hydrogen (secondary N) is 1. The first-order valence-electron chi connectivity index (χ1n) is 6.22. The molecule has 5 nitrogen and oxygen atoms in total. The molecule has 1 heterocycles. The molecule has 1 N–H and O–H groups in total. The maximum atomic E-state index is 12.1. The molecule has 108 valence electrons. The number of amides is 2. The average Bonchev–Trinajstić information content (AvgIpc) is 2.49. The summed E-state index contributed by atoms with van der Waals surface area (Å²) in [5.74, 6) is -0.549. The first kappa shape index (κ1) is 15.0. The van der Waals surface area contributed by atoms with Gasteiger partial charge in [0.15, 0.2) is 0 Å². The fraction of sp³-hybridized carbons (Fsp3) is 0.133. The van der Waals surface area contributed by atoms with Crippen molar-refractivity contribution in [2.75, 3.05) is 19.4 Å². The van der Waals surface area contributed by atoms with Gasteiger partial charge in [-0.3, -0.25) is 14.6 Å². The summed E-state index contributed by atoms with van der Waals surface area (Å²) in [4.78, 5) is 29.4. The number of pyridine rings is 1. The van der Waals surface area contributed by atoms with Crippen LogP contribution in [0.3, 0.4) is 0 Å². The summed E-state index contributed by atoms with van der Waals surface area (Å²) in [6, 6.07) is 9.77. The van der Waals surface area contributed by atoms with Crippen molar-refractivity contribution >= 4 is 29.1 Å². The normalized spacial score (nSPS) is 10.0. The van der Waals surface area contributed by atoms with Crippen LogP contribution in [0.25, 0.3) is 0 Å². The Balaban J connectivity index is 2.26. The SMILES string of the molecule is CN(C)C(=O)c1ccc(Cl)c(NC(=O)c2ccccn2)c1. The van der Waals surface area contributed by atoms with Gasteiger partial charge in [0.25, 0.3) is 11.8 Å². The number of nitrogens with zero attached hydrogens (tertiary/aromatic N) is 2. The van der Waals surface area contributed by atoms with Crippen LogP contribution >= 0.6 is 11.6 Å². The van der Waals surface area contributed by atoms with Crippen LogP contribution in [-0.4, -0.2) is 35.8 Å². The van der Waals surface area contributed by atoms with Crippen molar-refractivity contribution in [1.29, 1.82) is 0 Å². The lowest BCUT2D eigenvalue weighted by Crippen LogP contribution is -2.22. The third-order valence-electron chi connectivity index (χ3n) is 2.77. The lowest BCUT2D eigenvalue weighted by atomic mass is 10.1. The molecule has 6 heteroatoms. The zero-order valence-corrected chi connectivity index (χ0v) is 12.4. The molecule has 0 unspecified atom stereocenters. The summed E-state index contributed by atoms with van der Waals surface area (Å²) in [6.07, 6.45) is 1.53. The second kappa shape index (κ2) is 6.37. The molecule has 2 amide bonds. The van der Waals surface area contributed by atoms with Crippen molar-refractivity contribution in [1.82, 2.24) is 9.88 Å². The number of halogens is 1. The molecular formula is C15H14ClN3O2. The maximum absolute atomic E-state index is 12.1. The molecule has 21 heavy (non-hydrogen) atoms. The highest BCUT2D eigenvalue weighted by Gasteiger charge is 2.13. The highest BCUT2D eigenvalue weighted by molar-refractivity contribution is 6.34. The minimum absolute atomic E-state index is 0.167. The zero-order valence-electron chi connectivity index (χ0n) is 11.6. The highest BCUT2D eigenvalue weighted by Crippen LogP contribution is 2.24. The zero-order chi connectivity index (χ0) is 15.4. The number of aromatic nitrogens is 1. The lowest BCUT2D eigenvalue weighted by molar-refractivity contribution is 0.0827. The van der Waals surface area contributed by atoms with Crippen molar-refractivity contribution in [2.45, 2.75) is 0 Å². The molecule has 1 aromatic heterocycles. The fourth-order valence-electron chi connectivity index (χ4n) is 1.70. The molecule has 0 aliphatic heterocycles. The summed E-state index contributed by atoms with van der Waals surface area (Å²) >= 11 is 6.05. The summed E-state index contributed by atoms with van der Waals surface area (Å²) in [7, 11) is 3.31. The lowest BCUT2D eigenvalue weighted by Gasteiger charge is -2.12. The van der Waals surface area contributed by atoms with E-state index in [1.807, 2.05) is 0 Å². The number of benzene rings is 1. The quantitative estimate of drug-likeness (QED) is 0.948. The first-order chi connectivity index (χ1) is 9.99. The molecule has 0 aliphatic rings. The minimum atomic E-state index is -0.382. The van der Waals surface area contributed by atoms with E-state index >= 15 is 0 Å². The second-order valence-corrected chi connectivity index (χ2v) is 4.97. The monoisotopic (exact) mass is 303 g/mol. The average molecular weight is 304 g/mol. The van der Waals surface area contributed by atoms with Crippen molar-refractivity contribution < 1.29 is 9.59 Å². The Hall–Kier alpha value is -2.40. The molecule has 0 radical (unpaired) electrons. The van der Waals surface area contributed by atoms with Crippen LogP contribution in [0.15, 0.2) is 42.6 Å². The van der Waals surface area contributed by atoms with Crippen LogP contribution in [0.1, 0.15) is 20.8 Å². The number of carbonyl (C=O) groups excluding carboxylic acids is 2. The number of hydrogen-bond donors (Lipinski definition) is 1. The summed E-state index contributed by atoms with van der Waals surface area (Å²) in [5.41, 5.74) is 1.10. The molecular weight excluding hydrogens is 290 g/mol. The molecule has 1 aromatic carbocycles. The van der Waals surface area contributed by atoms with Gasteiger partial charge >= 0.3 is 0 Å². The van der Waals surface area contributed by atoms with Gasteiger partial charge in [0.1, 0.15) is 5.69 Å². The van der Waals surface area contributed by atoms with Gasteiger partial charge in [-0.1, -0.05) is 17.7 Å². The molecule has 0 atom stereocenters. The third-order valence-corrected chi connectivity index (χ3v) is 3.09. The minimum Gasteiger partial charge on any atom is -0.345 e. The predicted molar refractivity (Wildman–Crippen MR) is 81.7 cm³/mol. The van der Waals surface area contributed by atoms with E-state index in [0.29, 0.717) is 16.3 Å². The Labute approximate surface area is 127 Å². The highest BCUT2D eigenvalue weighted by atomic mass is 35.5. The number of rotatable bonds is 3. The number of anilines is 1. The van der Waals surface area contributed by atoms with Crippen molar-refractivity contribution in [3.05, 3.63) is 58.9 Å². The number of hydrogen-bond acceptors (Lipinski definition) is 3. The molecule has 0 fully saturated rings. The van der Waals surface area contributed by atoms with E-state index < -0.39 is 0 Å². The van der Waals surface area contributed by atoms with Crippen LogP contribution in [0.2, 0.25) is 5.02 Å². The van der Waals surface area contributed by atoms with Crippen molar-refractivity contribution in [3.8, 4) is 0 Å². The van der Waals surface area contributed by atoms with Crippen molar-refractivity contribution in [3.63, 3.8) is 0 Å². The molecule has 0 saturated carbocycles. The van der Waals surface area contributed by atoms with Crippen molar-refractivity contribution in [2.24, 2.45) is 0 Å². The second-order valence-electron chi connectivity index (χ2n) is 4.56. The maximum Gasteiger partial charge on any atom is 0.274 e. The van der Waals surface area contributed by atoms with Gasteiger partial charge in [0.05, 0.1) is 10.7 Å². The largest absolute Gasteiger partial charge is 0.345 e. The topological polar surface area (TPSA) is 62.3 Å². The molecule has 0 saturated heterocycles. The third kappa shape index (κ3) is 3.58. The predicted octanol–water partition coefficient (Wildman–Crippen LogP) is 2.69. The van der Waals surface area contributed by atoms with E-state index in [4.69, 9.17) is 11.6 Å².